The molecule has 5 aliphatic carbocycles. The van der Waals surface area contributed by atoms with E-state index in [2.05, 4.69) is 87.4 Å². The van der Waals surface area contributed by atoms with Gasteiger partial charge in [0.1, 0.15) is 104 Å². The van der Waals surface area contributed by atoms with Gasteiger partial charge in [-0.05, 0) is 336 Å². The quantitative estimate of drug-likeness (QED) is 0.0851. The zero-order valence-corrected chi connectivity index (χ0v) is 86.2. The first-order valence-electron chi connectivity index (χ1n) is 52.1. The molecular weight excluding hydrogens is 1930 g/mol. The number of alkyl halides is 4. The van der Waals surface area contributed by atoms with Crippen LogP contribution in [0.2, 0.25) is 0 Å². The molecule has 6 aliphatic rings. The maximum absolute atomic E-state index is 14.7. The van der Waals surface area contributed by atoms with Crippen molar-refractivity contribution in [2.75, 3.05) is 6.61 Å². The van der Waals surface area contributed by atoms with Crippen molar-refractivity contribution in [1.29, 1.82) is 0 Å². The van der Waals surface area contributed by atoms with Crippen LogP contribution < -0.4 is 9.47 Å². The van der Waals surface area contributed by atoms with Gasteiger partial charge in [-0.3, -0.25) is 0 Å². The van der Waals surface area contributed by atoms with Gasteiger partial charge in [-0.2, -0.15) is 17.6 Å². The minimum absolute atomic E-state index is 0. The van der Waals surface area contributed by atoms with E-state index < -0.39 is 127 Å². The first-order valence-corrected chi connectivity index (χ1v) is 52.1. The molecule has 792 valence electrons. The van der Waals surface area contributed by atoms with Gasteiger partial charge >= 0.3 is 12.2 Å². The van der Waals surface area contributed by atoms with Gasteiger partial charge in [0.05, 0.1) is 6.10 Å². The summed E-state index contributed by atoms with van der Waals surface area (Å²) in [5.41, 5.74) is 8.10. The molecule has 13 aromatic rings. The number of ether oxygens (including phenoxy) is 3. The lowest BCUT2D eigenvalue weighted by atomic mass is 9.68. The van der Waals surface area contributed by atoms with Gasteiger partial charge in [-0.15, -0.1) is 0 Å². The molecular formula is C128H136F18O3. The highest BCUT2D eigenvalue weighted by molar-refractivity contribution is 5.74. The van der Waals surface area contributed by atoms with Gasteiger partial charge in [0.25, 0.3) is 0 Å². The van der Waals surface area contributed by atoms with Crippen LogP contribution in [0.4, 0.5) is 79.0 Å². The third kappa shape index (κ3) is 29.9. The van der Waals surface area contributed by atoms with Crippen LogP contribution in [0.5, 0.6) is 11.5 Å². The highest BCUT2D eigenvalue weighted by Gasteiger charge is 2.44. The van der Waals surface area contributed by atoms with Gasteiger partial charge in [0.15, 0.2) is 0 Å². The molecule has 1 saturated heterocycles. The molecule has 0 N–H and O–H groups in total. The van der Waals surface area contributed by atoms with E-state index in [0.717, 1.165) is 155 Å². The van der Waals surface area contributed by atoms with Gasteiger partial charge < -0.3 is 14.2 Å². The Hall–Kier alpha value is -11.8. The van der Waals surface area contributed by atoms with E-state index in [4.69, 9.17) is 4.74 Å². The lowest BCUT2D eigenvalue weighted by molar-refractivity contribution is -0.190. The Kier molecular flexibility index (Phi) is 39.4. The van der Waals surface area contributed by atoms with E-state index in [1.807, 2.05) is 50.2 Å². The Balaban J connectivity index is 0.000000151. The third-order valence-electron chi connectivity index (χ3n) is 31.2. The van der Waals surface area contributed by atoms with Crippen molar-refractivity contribution >= 4 is 0 Å². The van der Waals surface area contributed by atoms with Crippen molar-refractivity contribution in [3.63, 3.8) is 0 Å². The average molecular weight is 2060 g/mol. The van der Waals surface area contributed by atoms with Crippen molar-refractivity contribution in [1.82, 2.24) is 0 Å². The third-order valence-corrected chi connectivity index (χ3v) is 31.2. The molecule has 6 fully saturated rings. The summed E-state index contributed by atoms with van der Waals surface area (Å²) in [5.74, 6) is -6.06. The Morgan fingerprint density at radius 2 is 0.443 bits per heavy atom. The standard InChI is InChI=1S/C26H22F6O2.C26H25F3.C21H14F6O.C20H15F3.C20H30.C14H26.CH4/c1-14-3-8-24(33-13-14)17-6-4-16(5-7-17)18-9-22(29)25(23(30)10-18)26(31,32)34-19-11-20(27)15(2)21(28)12-19;1-16-3-5-18(6-4-16)19-7-9-20(10-8-19)21-11-12-23(26(29)13-21)22-14-24(27)17(2)25(28)15-22;1-11-3-5-13(6-4-11)14-7-18(24)20(19(25)8-14)21(26,27)28-15-9-16(22)12(2)17(23)10-15;1-12-3-5-14(6-4-12)15-7-8-17(20(23)9-15)16-10-18(21)13(2)19(22)11-16;1-15-3-7-17(8-4-15)19-11-13-20(14-12-19)18-9-5-16(2)6-10-18;1-11-3-7-13(8-4-11)14-9-5-12(2)6-10-14;/h4-7,9-12,14,24H,3,8,13H2,1-2H3;7-16,18H,3-6H2,1-2H3;3-10H,1-2H3;3-11H,1-2H3;3-4,7-8,16,18-20H,5-6,9-14H2,1-2H3;11-14H,3-10H2,1-2H3;1H4. The summed E-state index contributed by atoms with van der Waals surface area (Å²) in [4.78, 5) is 0. The number of hydrogen-bond donors (Lipinski definition) is 0. The topological polar surface area (TPSA) is 27.7 Å². The van der Waals surface area contributed by atoms with Gasteiger partial charge in [0, 0.05) is 64.3 Å². The minimum Gasteiger partial charge on any atom is -0.429 e. The summed E-state index contributed by atoms with van der Waals surface area (Å²) in [6.07, 6.45) is 21.9. The summed E-state index contributed by atoms with van der Waals surface area (Å²) >= 11 is 0. The summed E-state index contributed by atoms with van der Waals surface area (Å²) in [5, 5.41) is 0. The normalized spacial score (nSPS) is 20.8. The molecule has 0 radical (unpaired) electrons. The number of benzene rings is 13. The van der Waals surface area contributed by atoms with Crippen molar-refractivity contribution < 1.29 is 93.2 Å². The Labute approximate surface area is 867 Å². The smallest absolute Gasteiger partial charge is 0.429 e. The van der Waals surface area contributed by atoms with E-state index in [1.165, 1.54) is 152 Å². The highest BCUT2D eigenvalue weighted by atomic mass is 19.3. The van der Waals surface area contributed by atoms with E-state index in [9.17, 15) is 79.0 Å². The monoisotopic (exact) mass is 2060 g/mol. The van der Waals surface area contributed by atoms with Crippen molar-refractivity contribution in [2.24, 2.45) is 53.3 Å². The van der Waals surface area contributed by atoms with Crippen LogP contribution >= 0.6 is 0 Å². The van der Waals surface area contributed by atoms with E-state index in [0.29, 0.717) is 53.8 Å². The molecule has 2 atom stereocenters. The number of halogens is 18. The van der Waals surface area contributed by atoms with Crippen molar-refractivity contribution in [3.05, 3.63) is 379 Å². The molecule has 0 spiro atoms. The van der Waals surface area contributed by atoms with Crippen molar-refractivity contribution in [3.8, 4) is 78.3 Å². The van der Waals surface area contributed by atoms with Crippen LogP contribution in [0.25, 0.3) is 66.8 Å². The fraction of sp³-hybridized carbons (Fsp3) is 0.391. The van der Waals surface area contributed by atoms with Crippen LogP contribution in [-0.4, -0.2) is 6.61 Å². The van der Waals surface area contributed by atoms with Gasteiger partial charge in [-0.25, -0.2) is 61.5 Å². The van der Waals surface area contributed by atoms with Crippen LogP contribution in [0.1, 0.15) is 268 Å². The Morgan fingerprint density at radius 1 is 0.221 bits per heavy atom. The lowest BCUT2D eigenvalue weighted by Crippen LogP contribution is -2.25. The number of hydrogen-bond acceptors (Lipinski definition) is 3. The summed E-state index contributed by atoms with van der Waals surface area (Å²) < 4.78 is 269. The van der Waals surface area contributed by atoms with Crippen LogP contribution in [-0.2, 0) is 17.0 Å². The summed E-state index contributed by atoms with van der Waals surface area (Å²) in [7, 11) is 0. The Morgan fingerprint density at radius 3 is 0.732 bits per heavy atom. The van der Waals surface area contributed by atoms with E-state index >= 15 is 0 Å². The molecule has 21 heteroatoms. The SMILES string of the molecule is C.CC1CCC(C2CCC(C)CC2)CC1.Cc1c(F)cc(-c2ccc(-c3ccc(C4CCC(C)CC4)cc3)cc2F)cc1F.Cc1c(F)cc(OC(F)(F)c2c(F)cc(-c3ccc(C4CCC(C)CO4)cc3)cc2F)cc1F.Cc1ccc(-c2cc(F)c(C(F)(F)Oc3cc(F)c(C)c(F)c3)c(F)c2)cc1.Cc1ccc(-c2ccc(-c3cc(F)c(C)c(F)c3)c(F)c2)cc1.Cc1ccc(C2CCC(C3CCC(C)CC3)CC2)cc1. The fourth-order valence-electron chi connectivity index (χ4n) is 21.4. The predicted molar refractivity (Wildman–Crippen MR) is 562 cm³/mol. The molecule has 1 aliphatic heterocycles. The Bertz CT molecular complexity index is 6450. The summed E-state index contributed by atoms with van der Waals surface area (Å²) in [6, 6.07) is 58.1. The summed E-state index contributed by atoms with van der Waals surface area (Å²) in [6.45, 7) is 23.3. The first-order chi connectivity index (χ1) is 70.5. The average Bonchev–Trinajstić information content (AvgIpc) is 0.775. The molecule has 1 heterocycles. The molecule has 0 bridgehead atoms. The molecule has 149 heavy (non-hydrogen) atoms. The zero-order chi connectivity index (χ0) is 106. The fourth-order valence-corrected chi connectivity index (χ4v) is 21.4. The molecule has 0 amide bonds. The van der Waals surface area contributed by atoms with Gasteiger partial charge in [-0.1, -0.05) is 256 Å². The van der Waals surface area contributed by atoms with Crippen molar-refractivity contribution in [2.45, 2.75) is 262 Å². The molecule has 13 aromatic carbocycles. The molecule has 3 nitrogen and oxygen atoms in total. The molecule has 0 aromatic heterocycles. The van der Waals surface area contributed by atoms with Crippen LogP contribution in [0.15, 0.2) is 231 Å². The molecule has 19 rings (SSSR count). The first kappa shape index (κ1) is 114. The van der Waals surface area contributed by atoms with Crippen LogP contribution in [0.3, 0.4) is 0 Å². The molecule has 5 saturated carbocycles. The second-order valence-corrected chi connectivity index (χ2v) is 42.4. The predicted octanol–water partition coefficient (Wildman–Crippen LogP) is 40.0. The maximum Gasteiger partial charge on any atom is 0.432 e. The van der Waals surface area contributed by atoms with E-state index in [1.54, 1.807) is 104 Å². The lowest BCUT2D eigenvalue weighted by Gasteiger charge is -2.37. The highest BCUT2D eigenvalue weighted by Crippen LogP contribution is 2.48. The molecule has 2 unspecified atom stereocenters. The maximum atomic E-state index is 14.7. The largest absolute Gasteiger partial charge is 0.432 e. The second-order valence-electron chi connectivity index (χ2n) is 42.4. The van der Waals surface area contributed by atoms with Gasteiger partial charge in [0.2, 0.25) is 0 Å². The number of aryl methyl sites for hydroxylation is 3. The minimum atomic E-state index is -4.51. The van der Waals surface area contributed by atoms with Crippen LogP contribution in [0, 0.1) is 183 Å². The zero-order valence-electron chi connectivity index (χ0n) is 86.2. The van der Waals surface area contributed by atoms with E-state index in [-0.39, 0.29) is 58.0 Å². The number of rotatable bonds is 17. The second kappa shape index (κ2) is 51.3.